The molecule has 0 aliphatic rings. The molecule has 0 atom stereocenters. The summed E-state index contributed by atoms with van der Waals surface area (Å²) in [4.78, 5) is 16.5. The molecule has 0 spiro atoms. The standard InChI is InChI=1S/C21H14ClNO2/c22-20-11-16-10-15(21(24)25-13-14-4-2-1-3-5-14)6-7-17(16)19-12-23-9-8-18(19)20/h1-12H,13H2. The number of nitrogens with zero attached hydrogens (tertiary/aromatic N) is 1. The monoisotopic (exact) mass is 347 g/mol. The highest BCUT2D eigenvalue weighted by molar-refractivity contribution is 6.37. The van der Waals surface area contributed by atoms with Gasteiger partial charge in [0.1, 0.15) is 6.61 Å². The van der Waals surface area contributed by atoms with Crippen molar-refractivity contribution in [2.45, 2.75) is 6.61 Å². The predicted molar refractivity (Wildman–Crippen MR) is 99.8 cm³/mol. The van der Waals surface area contributed by atoms with E-state index in [0.717, 1.165) is 27.1 Å². The van der Waals surface area contributed by atoms with Crippen LogP contribution in [0.5, 0.6) is 0 Å². The summed E-state index contributed by atoms with van der Waals surface area (Å²) in [6, 6.07) is 18.9. The van der Waals surface area contributed by atoms with E-state index in [0.29, 0.717) is 10.6 Å². The Labute approximate surface area is 149 Å². The molecule has 0 N–H and O–H groups in total. The lowest BCUT2D eigenvalue weighted by molar-refractivity contribution is 0.0473. The average molecular weight is 348 g/mol. The predicted octanol–water partition coefficient (Wildman–Crippen LogP) is 5.40. The first kappa shape index (κ1) is 15.6. The van der Waals surface area contributed by atoms with Crippen molar-refractivity contribution in [2.75, 3.05) is 0 Å². The fourth-order valence-corrected chi connectivity index (χ4v) is 3.17. The van der Waals surface area contributed by atoms with Crippen LogP contribution in [0.25, 0.3) is 21.5 Å². The first-order valence-electron chi connectivity index (χ1n) is 7.89. The third-order valence-corrected chi connectivity index (χ3v) is 4.46. The van der Waals surface area contributed by atoms with Crippen molar-refractivity contribution in [3.05, 3.63) is 89.2 Å². The molecule has 25 heavy (non-hydrogen) atoms. The van der Waals surface area contributed by atoms with Gasteiger partial charge in [0, 0.05) is 28.2 Å². The Kier molecular flexibility index (Phi) is 4.08. The summed E-state index contributed by atoms with van der Waals surface area (Å²) in [6.07, 6.45) is 3.51. The highest BCUT2D eigenvalue weighted by atomic mass is 35.5. The second-order valence-electron chi connectivity index (χ2n) is 5.78. The molecule has 0 amide bonds. The minimum atomic E-state index is -0.354. The molecule has 0 saturated heterocycles. The molecule has 1 aromatic heterocycles. The van der Waals surface area contributed by atoms with Crippen molar-refractivity contribution >= 4 is 39.1 Å². The largest absolute Gasteiger partial charge is 0.457 e. The van der Waals surface area contributed by atoms with Crippen molar-refractivity contribution in [2.24, 2.45) is 0 Å². The van der Waals surface area contributed by atoms with Crippen molar-refractivity contribution in [1.29, 1.82) is 0 Å². The zero-order valence-electron chi connectivity index (χ0n) is 13.3. The molecule has 0 aliphatic heterocycles. The molecule has 3 nitrogen and oxygen atoms in total. The number of pyridine rings is 1. The summed E-state index contributed by atoms with van der Waals surface area (Å²) in [5, 5.41) is 4.45. The van der Waals surface area contributed by atoms with Gasteiger partial charge in [0.05, 0.1) is 5.56 Å². The van der Waals surface area contributed by atoms with E-state index >= 15 is 0 Å². The van der Waals surface area contributed by atoms with Gasteiger partial charge in [0.2, 0.25) is 0 Å². The van der Waals surface area contributed by atoms with Crippen LogP contribution in [0.1, 0.15) is 15.9 Å². The summed E-state index contributed by atoms with van der Waals surface area (Å²) < 4.78 is 5.40. The number of ether oxygens (including phenoxy) is 1. The summed E-state index contributed by atoms with van der Waals surface area (Å²) in [6.45, 7) is 0.250. The van der Waals surface area contributed by atoms with Crippen LogP contribution in [0.15, 0.2) is 73.1 Å². The number of benzene rings is 3. The van der Waals surface area contributed by atoms with E-state index in [1.54, 1.807) is 24.5 Å². The number of carbonyl (C=O) groups excluding carboxylic acids is 1. The zero-order chi connectivity index (χ0) is 17.2. The van der Waals surface area contributed by atoms with Crippen molar-refractivity contribution < 1.29 is 9.53 Å². The third kappa shape index (κ3) is 3.06. The first-order chi connectivity index (χ1) is 12.2. The summed E-state index contributed by atoms with van der Waals surface area (Å²) >= 11 is 6.37. The summed E-state index contributed by atoms with van der Waals surface area (Å²) in [7, 11) is 0. The Morgan fingerprint density at radius 3 is 2.64 bits per heavy atom. The lowest BCUT2D eigenvalue weighted by Gasteiger charge is -2.08. The molecule has 122 valence electrons. The number of carbonyl (C=O) groups is 1. The number of fused-ring (bicyclic) bond motifs is 3. The van der Waals surface area contributed by atoms with Crippen molar-refractivity contribution in [3.63, 3.8) is 0 Å². The number of esters is 1. The second kappa shape index (κ2) is 6.54. The quantitative estimate of drug-likeness (QED) is 0.368. The second-order valence-corrected chi connectivity index (χ2v) is 6.18. The van der Waals surface area contributed by atoms with E-state index in [4.69, 9.17) is 16.3 Å². The van der Waals surface area contributed by atoms with Gasteiger partial charge < -0.3 is 4.74 Å². The Morgan fingerprint density at radius 2 is 1.80 bits per heavy atom. The lowest BCUT2D eigenvalue weighted by Crippen LogP contribution is -2.05. The van der Waals surface area contributed by atoms with Gasteiger partial charge in [-0.15, -0.1) is 0 Å². The molecule has 1 heterocycles. The fourth-order valence-electron chi connectivity index (χ4n) is 2.89. The molecule has 4 aromatic rings. The molecule has 0 aliphatic carbocycles. The Balaban J connectivity index is 1.67. The van der Waals surface area contributed by atoms with Gasteiger partial charge in [-0.05, 0) is 40.6 Å². The first-order valence-corrected chi connectivity index (χ1v) is 8.27. The number of hydrogen-bond donors (Lipinski definition) is 0. The maximum Gasteiger partial charge on any atom is 0.338 e. The molecule has 0 saturated carbocycles. The van der Waals surface area contributed by atoms with E-state index < -0.39 is 0 Å². The van der Waals surface area contributed by atoms with Crippen LogP contribution in [-0.2, 0) is 11.3 Å². The number of aromatic nitrogens is 1. The molecular formula is C21H14ClNO2. The van der Waals surface area contributed by atoms with Gasteiger partial charge in [0.15, 0.2) is 0 Å². The van der Waals surface area contributed by atoms with E-state index in [9.17, 15) is 4.79 Å². The van der Waals surface area contributed by atoms with Crippen LogP contribution < -0.4 is 0 Å². The van der Waals surface area contributed by atoms with Gasteiger partial charge in [0.25, 0.3) is 0 Å². The molecule has 4 rings (SSSR count). The van der Waals surface area contributed by atoms with E-state index in [1.165, 1.54) is 0 Å². The SMILES string of the molecule is O=C(OCc1ccccc1)c1ccc2c(c1)cc(Cl)c1ccncc12. The number of hydrogen-bond acceptors (Lipinski definition) is 3. The number of rotatable bonds is 3. The highest BCUT2D eigenvalue weighted by Crippen LogP contribution is 2.31. The van der Waals surface area contributed by atoms with E-state index in [-0.39, 0.29) is 12.6 Å². The smallest absolute Gasteiger partial charge is 0.338 e. The van der Waals surface area contributed by atoms with Crippen LogP contribution in [0.3, 0.4) is 0 Å². The minimum absolute atomic E-state index is 0.250. The van der Waals surface area contributed by atoms with Crippen LogP contribution in [0, 0.1) is 0 Å². The fraction of sp³-hybridized carbons (Fsp3) is 0.0476. The molecule has 3 aromatic carbocycles. The minimum Gasteiger partial charge on any atom is -0.457 e. The topological polar surface area (TPSA) is 39.2 Å². The normalized spacial score (nSPS) is 10.9. The van der Waals surface area contributed by atoms with E-state index in [1.807, 2.05) is 48.5 Å². The van der Waals surface area contributed by atoms with Gasteiger partial charge in [-0.2, -0.15) is 0 Å². The van der Waals surface area contributed by atoms with Crippen LogP contribution in [-0.4, -0.2) is 11.0 Å². The molecule has 0 bridgehead atoms. The van der Waals surface area contributed by atoms with E-state index in [2.05, 4.69) is 4.98 Å². The third-order valence-electron chi connectivity index (χ3n) is 4.15. The molecule has 4 heteroatoms. The molecular weight excluding hydrogens is 334 g/mol. The highest BCUT2D eigenvalue weighted by Gasteiger charge is 2.11. The van der Waals surface area contributed by atoms with Gasteiger partial charge in [-0.1, -0.05) is 48.0 Å². The molecule has 0 unspecified atom stereocenters. The maximum absolute atomic E-state index is 12.3. The van der Waals surface area contributed by atoms with Crippen molar-refractivity contribution in [3.8, 4) is 0 Å². The van der Waals surface area contributed by atoms with Crippen LogP contribution in [0.4, 0.5) is 0 Å². The Bertz CT molecular complexity index is 1080. The molecule has 0 fully saturated rings. The van der Waals surface area contributed by atoms with Gasteiger partial charge in [-0.3, -0.25) is 4.98 Å². The van der Waals surface area contributed by atoms with Crippen LogP contribution >= 0.6 is 11.6 Å². The van der Waals surface area contributed by atoms with Crippen molar-refractivity contribution in [1.82, 2.24) is 4.98 Å². The van der Waals surface area contributed by atoms with Crippen LogP contribution in [0.2, 0.25) is 5.02 Å². The summed E-state index contributed by atoms with van der Waals surface area (Å²) in [5.74, 6) is -0.354. The zero-order valence-corrected chi connectivity index (χ0v) is 14.0. The van der Waals surface area contributed by atoms with Gasteiger partial charge >= 0.3 is 5.97 Å². The maximum atomic E-state index is 12.3. The summed E-state index contributed by atoms with van der Waals surface area (Å²) in [5.41, 5.74) is 1.46. The Morgan fingerprint density at radius 1 is 0.960 bits per heavy atom. The Hall–Kier alpha value is -2.91. The average Bonchev–Trinajstić information content (AvgIpc) is 2.67. The number of halogens is 1. The molecule has 0 radical (unpaired) electrons. The lowest BCUT2D eigenvalue weighted by atomic mass is 10.0. The van der Waals surface area contributed by atoms with Gasteiger partial charge in [-0.25, -0.2) is 4.79 Å².